The Morgan fingerprint density at radius 1 is 1.53 bits per heavy atom. The largest absolute Gasteiger partial charge is 0.372 e. The molecule has 2 heterocycles. The molecule has 1 saturated heterocycles. The van der Waals surface area contributed by atoms with E-state index in [4.69, 9.17) is 16.3 Å². The normalized spacial score (nSPS) is 20.3. The molecule has 1 aromatic heterocycles. The monoisotopic (exact) mass is 228 g/mol. The molecule has 0 unspecified atom stereocenters. The predicted octanol–water partition coefficient (Wildman–Crippen LogP) is 1.14. The fourth-order valence-corrected chi connectivity index (χ4v) is 1.77. The molecule has 15 heavy (non-hydrogen) atoms. The van der Waals surface area contributed by atoms with Crippen molar-refractivity contribution in [3.05, 3.63) is 11.5 Å². The van der Waals surface area contributed by atoms with E-state index in [2.05, 4.69) is 33.9 Å². The van der Waals surface area contributed by atoms with Gasteiger partial charge in [-0.05, 0) is 25.4 Å². The molecule has 0 bridgehead atoms. The van der Waals surface area contributed by atoms with Crippen molar-refractivity contribution < 1.29 is 4.74 Å². The molecule has 0 aromatic carbocycles. The van der Waals surface area contributed by atoms with Gasteiger partial charge in [0.1, 0.15) is 0 Å². The van der Waals surface area contributed by atoms with E-state index < -0.39 is 0 Å². The quantitative estimate of drug-likeness (QED) is 0.722. The van der Waals surface area contributed by atoms with E-state index in [1.54, 1.807) is 6.20 Å². The van der Waals surface area contributed by atoms with Crippen LogP contribution in [0.3, 0.4) is 0 Å². The SMILES string of the molecule is CC1(C)CN(c2cnnc(Cl)n2)CCO1. The maximum Gasteiger partial charge on any atom is 0.244 e. The molecule has 5 nitrogen and oxygen atoms in total. The van der Waals surface area contributed by atoms with Crippen LogP contribution in [-0.4, -0.2) is 40.5 Å². The summed E-state index contributed by atoms with van der Waals surface area (Å²) in [4.78, 5) is 6.23. The second-order valence-electron chi connectivity index (χ2n) is 4.11. The summed E-state index contributed by atoms with van der Waals surface area (Å²) in [6, 6.07) is 0. The lowest BCUT2D eigenvalue weighted by Gasteiger charge is -2.38. The molecule has 1 aliphatic heterocycles. The zero-order valence-electron chi connectivity index (χ0n) is 8.77. The molecule has 0 aliphatic carbocycles. The molecular formula is C9H13ClN4O. The third kappa shape index (κ3) is 2.54. The standard InChI is InChI=1S/C9H13ClN4O/c1-9(2)6-14(3-4-15-9)7-5-11-13-8(10)12-7/h5H,3-4,6H2,1-2H3. The number of hydrogen-bond donors (Lipinski definition) is 0. The van der Waals surface area contributed by atoms with Crippen LogP contribution in [0, 0.1) is 0 Å². The van der Waals surface area contributed by atoms with E-state index in [-0.39, 0.29) is 10.9 Å². The highest BCUT2D eigenvalue weighted by Crippen LogP contribution is 2.21. The lowest BCUT2D eigenvalue weighted by molar-refractivity contribution is -0.0279. The molecule has 1 fully saturated rings. The molecule has 2 rings (SSSR count). The van der Waals surface area contributed by atoms with Crippen LogP contribution in [0.15, 0.2) is 6.20 Å². The zero-order chi connectivity index (χ0) is 10.9. The van der Waals surface area contributed by atoms with Crippen LogP contribution < -0.4 is 4.90 Å². The molecule has 0 amide bonds. The minimum absolute atomic E-state index is 0.157. The summed E-state index contributed by atoms with van der Waals surface area (Å²) in [5, 5.41) is 7.58. The van der Waals surface area contributed by atoms with Gasteiger partial charge in [0.05, 0.1) is 18.4 Å². The molecule has 0 spiro atoms. The van der Waals surface area contributed by atoms with Gasteiger partial charge in [0.25, 0.3) is 0 Å². The van der Waals surface area contributed by atoms with Crippen molar-refractivity contribution in [2.24, 2.45) is 0 Å². The van der Waals surface area contributed by atoms with Gasteiger partial charge >= 0.3 is 0 Å². The van der Waals surface area contributed by atoms with Crippen molar-refractivity contribution >= 4 is 17.4 Å². The van der Waals surface area contributed by atoms with Gasteiger partial charge in [0, 0.05) is 13.1 Å². The van der Waals surface area contributed by atoms with Gasteiger partial charge < -0.3 is 9.64 Å². The smallest absolute Gasteiger partial charge is 0.244 e. The molecule has 1 aliphatic rings. The first kappa shape index (κ1) is 10.6. The average molecular weight is 229 g/mol. The second kappa shape index (κ2) is 3.90. The number of aromatic nitrogens is 3. The fraction of sp³-hybridized carbons (Fsp3) is 0.667. The predicted molar refractivity (Wildman–Crippen MR) is 57.1 cm³/mol. The summed E-state index contributed by atoms with van der Waals surface area (Å²) >= 11 is 5.69. The maximum atomic E-state index is 5.69. The van der Waals surface area contributed by atoms with Crippen molar-refractivity contribution in [2.45, 2.75) is 19.4 Å². The first-order chi connectivity index (χ1) is 7.07. The number of rotatable bonds is 1. The molecular weight excluding hydrogens is 216 g/mol. The maximum absolute atomic E-state index is 5.69. The van der Waals surface area contributed by atoms with Crippen molar-refractivity contribution in [2.75, 3.05) is 24.6 Å². The Morgan fingerprint density at radius 3 is 3.00 bits per heavy atom. The Labute approximate surface area is 93.4 Å². The van der Waals surface area contributed by atoms with Crippen molar-refractivity contribution in [1.82, 2.24) is 15.2 Å². The average Bonchev–Trinajstić information content (AvgIpc) is 2.16. The van der Waals surface area contributed by atoms with Gasteiger partial charge in [-0.15, -0.1) is 5.10 Å². The highest BCUT2D eigenvalue weighted by atomic mass is 35.5. The van der Waals surface area contributed by atoms with E-state index in [1.807, 2.05) is 0 Å². The summed E-state index contributed by atoms with van der Waals surface area (Å²) in [7, 11) is 0. The summed E-state index contributed by atoms with van der Waals surface area (Å²) in [5.74, 6) is 0.756. The Hall–Kier alpha value is -0.940. The van der Waals surface area contributed by atoms with E-state index in [1.165, 1.54) is 0 Å². The van der Waals surface area contributed by atoms with Gasteiger partial charge in [-0.25, -0.2) is 0 Å². The van der Waals surface area contributed by atoms with Crippen molar-refractivity contribution in [3.8, 4) is 0 Å². The number of morpholine rings is 1. The Morgan fingerprint density at radius 2 is 2.33 bits per heavy atom. The Kier molecular flexibility index (Phi) is 2.75. The third-order valence-corrected chi connectivity index (χ3v) is 2.43. The topological polar surface area (TPSA) is 51.1 Å². The first-order valence-electron chi connectivity index (χ1n) is 4.81. The van der Waals surface area contributed by atoms with Gasteiger partial charge in [-0.1, -0.05) is 0 Å². The van der Waals surface area contributed by atoms with Crippen LogP contribution in [-0.2, 0) is 4.74 Å². The molecule has 1 aromatic rings. The van der Waals surface area contributed by atoms with Gasteiger partial charge in [0.2, 0.25) is 5.28 Å². The summed E-state index contributed by atoms with van der Waals surface area (Å²) in [6.45, 7) is 6.37. The molecule has 6 heteroatoms. The molecule has 0 radical (unpaired) electrons. The van der Waals surface area contributed by atoms with Crippen LogP contribution >= 0.6 is 11.6 Å². The lowest BCUT2D eigenvalue weighted by Crippen LogP contribution is -2.48. The second-order valence-corrected chi connectivity index (χ2v) is 4.45. The molecule has 0 saturated carbocycles. The number of halogens is 1. The van der Waals surface area contributed by atoms with Crippen LogP contribution in [0.25, 0.3) is 0 Å². The molecule has 0 atom stereocenters. The van der Waals surface area contributed by atoms with Crippen LogP contribution in [0.4, 0.5) is 5.82 Å². The van der Waals surface area contributed by atoms with Crippen molar-refractivity contribution in [1.29, 1.82) is 0 Å². The van der Waals surface area contributed by atoms with Crippen LogP contribution in [0.1, 0.15) is 13.8 Å². The van der Waals surface area contributed by atoms with Crippen LogP contribution in [0.5, 0.6) is 0 Å². The van der Waals surface area contributed by atoms with Gasteiger partial charge in [0.15, 0.2) is 5.82 Å². The summed E-state index contributed by atoms with van der Waals surface area (Å²) < 4.78 is 5.61. The minimum atomic E-state index is -0.157. The molecule has 0 N–H and O–H groups in total. The third-order valence-electron chi connectivity index (χ3n) is 2.27. The Balaban J connectivity index is 2.17. The van der Waals surface area contributed by atoms with Crippen molar-refractivity contribution in [3.63, 3.8) is 0 Å². The van der Waals surface area contributed by atoms with E-state index in [0.717, 1.165) is 18.9 Å². The minimum Gasteiger partial charge on any atom is -0.372 e. The highest BCUT2D eigenvalue weighted by Gasteiger charge is 2.28. The van der Waals surface area contributed by atoms with E-state index in [9.17, 15) is 0 Å². The zero-order valence-corrected chi connectivity index (χ0v) is 9.53. The highest BCUT2D eigenvalue weighted by molar-refractivity contribution is 6.28. The fourth-order valence-electron chi connectivity index (χ4n) is 1.64. The Bertz CT molecular complexity index is 358. The molecule has 82 valence electrons. The first-order valence-corrected chi connectivity index (χ1v) is 5.19. The lowest BCUT2D eigenvalue weighted by atomic mass is 10.1. The summed E-state index contributed by atoms with van der Waals surface area (Å²) in [5.41, 5.74) is -0.157. The van der Waals surface area contributed by atoms with Crippen LogP contribution in [0.2, 0.25) is 5.28 Å². The van der Waals surface area contributed by atoms with Gasteiger partial charge in [-0.2, -0.15) is 10.1 Å². The van der Waals surface area contributed by atoms with E-state index in [0.29, 0.717) is 6.61 Å². The number of hydrogen-bond acceptors (Lipinski definition) is 5. The number of nitrogens with zero attached hydrogens (tertiary/aromatic N) is 4. The summed E-state index contributed by atoms with van der Waals surface area (Å²) in [6.07, 6.45) is 1.62. The number of ether oxygens (including phenoxy) is 1. The van der Waals surface area contributed by atoms with E-state index >= 15 is 0 Å². The number of anilines is 1. The van der Waals surface area contributed by atoms with Gasteiger partial charge in [-0.3, -0.25) is 0 Å².